The van der Waals surface area contributed by atoms with Crippen LogP contribution in [0.25, 0.3) is 0 Å². The largest absolute Gasteiger partial charge is 0.376 e. The van der Waals surface area contributed by atoms with Gasteiger partial charge in [0.2, 0.25) is 10.0 Å². The molecule has 1 aliphatic heterocycles. The Balaban J connectivity index is 1.52. The zero-order valence-corrected chi connectivity index (χ0v) is 15.3. The first-order valence-electron chi connectivity index (χ1n) is 8.34. The van der Waals surface area contributed by atoms with Crippen LogP contribution in [0.15, 0.2) is 46.0 Å². The molecule has 1 fully saturated rings. The number of hydrogen-bond acceptors (Lipinski definition) is 4. The van der Waals surface area contributed by atoms with Gasteiger partial charge in [-0.3, -0.25) is 0 Å². The van der Waals surface area contributed by atoms with Crippen molar-refractivity contribution < 1.29 is 13.2 Å². The van der Waals surface area contributed by atoms with Gasteiger partial charge in [0, 0.05) is 13.1 Å². The SMILES string of the molecule is O=S(=O)(c1ccc(COCCc2ccsc2)cc1)N1CCCCC1. The van der Waals surface area contributed by atoms with Crippen molar-refractivity contribution in [2.45, 2.75) is 37.2 Å². The van der Waals surface area contributed by atoms with Crippen molar-refractivity contribution in [3.8, 4) is 0 Å². The van der Waals surface area contributed by atoms with Crippen molar-refractivity contribution in [2.24, 2.45) is 0 Å². The molecule has 0 aliphatic carbocycles. The number of ether oxygens (including phenoxy) is 1. The molecule has 0 unspecified atom stereocenters. The van der Waals surface area contributed by atoms with Crippen LogP contribution in [0, 0.1) is 0 Å². The summed E-state index contributed by atoms with van der Waals surface area (Å²) in [4.78, 5) is 0.381. The Morgan fingerprint density at radius 1 is 1.00 bits per heavy atom. The van der Waals surface area contributed by atoms with Gasteiger partial charge < -0.3 is 4.74 Å². The molecule has 1 saturated heterocycles. The normalized spacial score (nSPS) is 16.3. The molecular weight excluding hydrogens is 342 g/mol. The molecule has 1 aromatic heterocycles. The zero-order valence-electron chi connectivity index (χ0n) is 13.7. The summed E-state index contributed by atoms with van der Waals surface area (Å²) in [7, 11) is -3.34. The minimum Gasteiger partial charge on any atom is -0.376 e. The summed E-state index contributed by atoms with van der Waals surface area (Å²) >= 11 is 1.69. The average Bonchev–Trinajstić information content (AvgIpc) is 3.13. The van der Waals surface area contributed by atoms with E-state index in [4.69, 9.17) is 4.74 Å². The van der Waals surface area contributed by atoms with Crippen LogP contribution in [-0.4, -0.2) is 32.4 Å². The molecular formula is C18H23NO3S2. The zero-order chi connectivity index (χ0) is 16.8. The second kappa shape index (κ2) is 8.25. The number of sulfonamides is 1. The lowest BCUT2D eigenvalue weighted by Crippen LogP contribution is -2.35. The summed E-state index contributed by atoms with van der Waals surface area (Å²) in [5.41, 5.74) is 2.29. The van der Waals surface area contributed by atoms with Gasteiger partial charge >= 0.3 is 0 Å². The number of thiophene rings is 1. The standard InChI is InChI=1S/C18H23NO3S2/c20-24(21,19-10-2-1-3-11-19)18-6-4-16(5-7-18)14-22-12-8-17-9-13-23-15-17/h4-7,9,13,15H,1-3,8,10-12,14H2. The first-order chi connectivity index (χ1) is 11.7. The Labute approximate surface area is 148 Å². The van der Waals surface area contributed by atoms with Gasteiger partial charge in [0.25, 0.3) is 0 Å². The molecule has 0 spiro atoms. The number of rotatable bonds is 7. The first-order valence-corrected chi connectivity index (χ1v) is 10.7. The lowest BCUT2D eigenvalue weighted by molar-refractivity contribution is 0.124. The fourth-order valence-corrected chi connectivity index (χ4v) is 5.05. The molecule has 130 valence electrons. The van der Waals surface area contributed by atoms with Crippen molar-refractivity contribution in [1.29, 1.82) is 0 Å². The third-order valence-electron chi connectivity index (χ3n) is 4.26. The molecule has 2 heterocycles. The maximum Gasteiger partial charge on any atom is 0.243 e. The van der Waals surface area contributed by atoms with Gasteiger partial charge in [-0.1, -0.05) is 18.6 Å². The van der Waals surface area contributed by atoms with Crippen molar-refractivity contribution >= 4 is 21.4 Å². The van der Waals surface area contributed by atoms with Crippen LogP contribution in [0.5, 0.6) is 0 Å². The van der Waals surface area contributed by atoms with Crippen LogP contribution in [0.4, 0.5) is 0 Å². The first kappa shape index (κ1) is 17.6. The van der Waals surface area contributed by atoms with Crippen molar-refractivity contribution in [2.75, 3.05) is 19.7 Å². The predicted octanol–water partition coefficient (Wildman–Crippen LogP) is 3.68. The highest BCUT2D eigenvalue weighted by Crippen LogP contribution is 2.21. The van der Waals surface area contributed by atoms with E-state index in [0.29, 0.717) is 31.2 Å². The van der Waals surface area contributed by atoms with E-state index in [1.165, 1.54) is 5.56 Å². The Kier molecular flexibility index (Phi) is 6.05. The number of nitrogens with zero attached hydrogens (tertiary/aromatic N) is 1. The molecule has 24 heavy (non-hydrogen) atoms. The Hall–Kier alpha value is -1.21. The van der Waals surface area contributed by atoms with E-state index in [0.717, 1.165) is 31.2 Å². The van der Waals surface area contributed by atoms with E-state index in [-0.39, 0.29) is 0 Å². The molecule has 0 atom stereocenters. The third kappa shape index (κ3) is 4.45. The Morgan fingerprint density at radius 2 is 1.75 bits per heavy atom. The monoisotopic (exact) mass is 365 g/mol. The van der Waals surface area contributed by atoms with E-state index in [1.807, 2.05) is 12.1 Å². The summed E-state index contributed by atoms with van der Waals surface area (Å²) in [6, 6.07) is 9.19. The average molecular weight is 366 g/mol. The molecule has 0 bridgehead atoms. The van der Waals surface area contributed by atoms with Gasteiger partial charge in [-0.2, -0.15) is 15.6 Å². The van der Waals surface area contributed by atoms with Gasteiger partial charge in [-0.25, -0.2) is 8.42 Å². The van der Waals surface area contributed by atoms with Crippen LogP contribution in [0.3, 0.4) is 0 Å². The maximum absolute atomic E-state index is 12.6. The number of benzene rings is 1. The lowest BCUT2D eigenvalue weighted by Gasteiger charge is -2.25. The second-order valence-electron chi connectivity index (χ2n) is 6.04. The predicted molar refractivity (Wildman–Crippen MR) is 96.7 cm³/mol. The highest BCUT2D eigenvalue weighted by Gasteiger charge is 2.25. The van der Waals surface area contributed by atoms with E-state index < -0.39 is 10.0 Å². The molecule has 4 nitrogen and oxygen atoms in total. The van der Waals surface area contributed by atoms with Gasteiger partial charge in [0.15, 0.2) is 0 Å². The summed E-state index contributed by atoms with van der Waals surface area (Å²) in [5, 5.41) is 4.19. The van der Waals surface area contributed by atoms with Gasteiger partial charge in [0.05, 0.1) is 18.1 Å². The van der Waals surface area contributed by atoms with Crippen LogP contribution in [-0.2, 0) is 27.8 Å². The summed E-state index contributed by atoms with van der Waals surface area (Å²) < 4.78 is 32.5. The summed E-state index contributed by atoms with van der Waals surface area (Å²) in [6.07, 6.45) is 3.93. The number of piperidine rings is 1. The maximum atomic E-state index is 12.6. The Morgan fingerprint density at radius 3 is 2.42 bits per heavy atom. The van der Waals surface area contributed by atoms with Gasteiger partial charge in [0.1, 0.15) is 0 Å². The van der Waals surface area contributed by atoms with Crippen LogP contribution < -0.4 is 0 Å². The van der Waals surface area contributed by atoms with E-state index in [9.17, 15) is 8.42 Å². The summed E-state index contributed by atoms with van der Waals surface area (Å²) in [6.45, 7) is 2.45. The smallest absolute Gasteiger partial charge is 0.243 e. The number of hydrogen-bond donors (Lipinski definition) is 0. The van der Waals surface area contributed by atoms with Crippen LogP contribution in [0.1, 0.15) is 30.4 Å². The van der Waals surface area contributed by atoms with Crippen molar-refractivity contribution in [1.82, 2.24) is 4.31 Å². The minimum absolute atomic E-state index is 0.381. The molecule has 3 rings (SSSR count). The van der Waals surface area contributed by atoms with Crippen molar-refractivity contribution in [3.05, 3.63) is 52.2 Å². The fourth-order valence-electron chi connectivity index (χ4n) is 2.83. The third-order valence-corrected chi connectivity index (χ3v) is 6.90. The topological polar surface area (TPSA) is 46.6 Å². The van der Waals surface area contributed by atoms with E-state index in [2.05, 4.69) is 16.8 Å². The highest BCUT2D eigenvalue weighted by molar-refractivity contribution is 7.89. The molecule has 0 radical (unpaired) electrons. The fraction of sp³-hybridized carbons (Fsp3) is 0.444. The minimum atomic E-state index is -3.34. The van der Waals surface area contributed by atoms with Crippen molar-refractivity contribution in [3.63, 3.8) is 0 Å². The Bertz CT molecular complexity index is 718. The molecule has 1 aromatic carbocycles. The van der Waals surface area contributed by atoms with E-state index in [1.54, 1.807) is 27.8 Å². The second-order valence-corrected chi connectivity index (χ2v) is 8.76. The molecule has 0 saturated carbocycles. The summed E-state index contributed by atoms with van der Waals surface area (Å²) in [5.74, 6) is 0. The van der Waals surface area contributed by atoms with Gasteiger partial charge in [-0.15, -0.1) is 0 Å². The molecule has 6 heteroatoms. The van der Waals surface area contributed by atoms with E-state index >= 15 is 0 Å². The molecule has 0 N–H and O–H groups in total. The van der Waals surface area contributed by atoms with Crippen LogP contribution >= 0.6 is 11.3 Å². The van der Waals surface area contributed by atoms with Gasteiger partial charge in [-0.05, 0) is 59.3 Å². The highest BCUT2D eigenvalue weighted by atomic mass is 32.2. The lowest BCUT2D eigenvalue weighted by atomic mass is 10.2. The van der Waals surface area contributed by atoms with Crippen LogP contribution in [0.2, 0.25) is 0 Å². The molecule has 1 aliphatic rings. The molecule has 2 aromatic rings. The molecule has 0 amide bonds. The quantitative estimate of drug-likeness (QED) is 0.703.